The summed E-state index contributed by atoms with van der Waals surface area (Å²) in [5, 5.41) is 14.4. The molecular weight excluding hydrogens is 244 g/mol. The summed E-state index contributed by atoms with van der Waals surface area (Å²) >= 11 is 0. The molecule has 0 bridgehead atoms. The molecule has 2 N–H and O–H groups in total. The van der Waals surface area contributed by atoms with Crippen LogP contribution in [0.15, 0.2) is 24.4 Å². The van der Waals surface area contributed by atoms with Crippen molar-refractivity contribution < 1.29 is 14.6 Å². The van der Waals surface area contributed by atoms with Gasteiger partial charge >= 0.3 is 0 Å². The number of anilines is 1. The highest BCUT2D eigenvalue weighted by Crippen LogP contribution is 2.34. The fourth-order valence-electron chi connectivity index (χ4n) is 1.88. The molecule has 1 unspecified atom stereocenters. The maximum atomic E-state index is 9.33. The van der Waals surface area contributed by atoms with Gasteiger partial charge in [0.1, 0.15) is 5.82 Å². The molecule has 0 spiro atoms. The molecular formula is C14H18N2O3. The van der Waals surface area contributed by atoms with E-state index in [1.54, 1.807) is 27.3 Å². The van der Waals surface area contributed by atoms with Crippen LogP contribution in [-0.2, 0) is 0 Å². The molecule has 19 heavy (non-hydrogen) atoms. The molecule has 0 radical (unpaired) electrons. The second-order valence-electron chi connectivity index (χ2n) is 4.32. The van der Waals surface area contributed by atoms with Crippen LogP contribution < -0.4 is 14.8 Å². The Kier molecular flexibility index (Phi) is 4.06. The van der Waals surface area contributed by atoms with Crippen LogP contribution in [0.1, 0.15) is 6.92 Å². The fourth-order valence-corrected chi connectivity index (χ4v) is 1.88. The zero-order valence-corrected chi connectivity index (χ0v) is 11.3. The van der Waals surface area contributed by atoms with Crippen molar-refractivity contribution in [1.29, 1.82) is 0 Å². The lowest BCUT2D eigenvalue weighted by Crippen LogP contribution is -2.16. The van der Waals surface area contributed by atoms with E-state index in [2.05, 4.69) is 10.3 Å². The van der Waals surface area contributed by atoms with Crippen LogP contribution in [0.4, 0.5) is 5.82 Å². The highest BCUT2D eigenvalue weighted by atomic mass is 16.5. The van der Waals surface area contributed by atoms with Crippen LogP contribution in [0, 0.1) is 0 Å². The lowest BCUT2D eigenvalue weighted by Gasteiger charge is -2.13. The maximum absolute atomic E-state index is 9.33. The summed E-state index contributed by atoms with van der Waals surface area (Å²) in [5.41, 5.74) is 0. The Morgan fingerprint density at radius 1 is 1.26 bits per heavy atom. The number of methoxy groups -OCH3 is 2. The lowest BCUT2D eigenvalue weighted by atomic mass is 10.1. The number of hydrogen-bond donors (Lipinski definition) is 2. The molecule has 0 fully saturated rings. The molecule has 102 valence electrons. The van der Waals surface area contributed by atoms with Crippen LogP contribution >= 0.6 is 0 Å². The minimum absolute atomic E-state index is 0.433. The van der Waals surface area contributed by atoms with Crippen molar-refractivity contribution in [3.05, 3.63) is 24.4 Å². The summed E-state index contributed by atoms with van der Waals surface area (Å²) in [6, 6.07) is 5.69. The zero-order valence-electron chi connectivity index (χ0n) is 11.3. The maximum Gasteiger partial charge on any atom is 0.161 e. The Hall–Kier alpha value is -2.01. The molecule has 5 heteroatoms. The van der Waals surface area contributed by atoms with E-state index in [4.69, 9.17) is 9.47 Å². The number of nitrogens with zero attached hydrogens (tertiary/aromatic N) is 1. The smallest absolute Gasteiger partial charge is 0.161 e. The zero-order chi connectivity index (χ0) is 13.8. The average molecular weight is 262 g/mol. The predicted molar refractivity (Wildman–Crippen MR) is 75.0 cm³/mol. The van der Waals surface area contributed by atoms with E-state index in [0.717, 1.165) is 16.6 Å². The van der Waals surface area contributed by atoms with Gasteiger partial charge in [-0.1, -0.05) is 0 Å². The van der Waals surface area contributed by atoms with E-state index >= 15 is 0 Å². The molecule has 0 saturated heterocycles. The third-order valence-electron chi connectivity index (χ3n) is 2.83. The molecule has 1 aromatic carbocycles. The SMILES string of the molecule is COc1cc2ccnc(NCC(C)O)c2cc1OC. The minimum atomic E-state index is -0.433. The number of rotatable bonds is 5. The van der Waals surface area contributed by atoms with Crippen molar-refractivity contribution >= 4 is 16.6 Å². The van der Waals surface area contributed by atoms with Crippen LogP contribution in [0.3, 0.4) is 0 Å². The van der Waals surface area contributed by atoms with Gasteiger partial charge in [0.15, 0.2) is 11.5 Å². The third kappa shape index (κ3) is 2.88. The summed E-state index contributed by atoms with van der Waals surface area (Å²) in [6.45, 7) is 2.17. The normalized spacial score (nSPS) is 12.2. The Labute approximate surface area is 112 Å². The molecule has 0 saturated carbocycles. The molecule has 0 amide bonds. The highest BCUT2D eigenvalue weighted by molar-refractivity contribution is 5.94. The number of nitrogens with one attached hydrogen (secondary N) is 1. The van der Waals surface area contributed by atoms with Crippen LogP contribution in [-0.4, -0.2) is 37.0 Å². The summed E-state index contributed by atoms with van der Waals surface area (Å²) in [4.78, 5) is 4.29. The quantitative estimate of drug-likeness (QED) is 0.863. The van der Waals surface area contributed by atoms with Gasteiger partial charge < -0.3 is 19.9 Å². The van der Waals surface area contributed by atoms with E-state index in [-0.39, 0.29) is 0 Å². The van der Waals surface area contributed by atoms with Gasteiger partial charge in [0.2, 0.25) is 0 Å². The number of ether oxygens (including phenoxy) is 2. The predicted octanol–water partition coefficient (Wildman–Crippen LogP) is 2.04. The summed E-state index contributed by atoms with van der Waals surface area (Å²) in [6.07, 6.45) is 1.29. The van der Waals surface area contributed by atoms with Gasteiger partial charge in [0.25, 0.3) is 0 Å². The summed E-state index contributed by atoms with van der Waals surface area (Å²) in [5.74, 6) is 2.06. The van der Waals surface area contributed by atoms with Crippen molar-refractivity contribution in [3.8, 4) is 11.5 Å². The number of pyridine rings is 1. The van der Waals surface area contributed by atoms with E-state index < -0.39 is 6.10 Å². The van der Waals surface area contributed by atoms with Crippen LogP contribution in [0.5, 0.6) is 11.5 Å². The number of fused-ring (bicyclic) bond motifs is 1. The minimum Gasteiger partial charge on any atom is -0.493 e. The standard InChI is InChI=1S/C14H18N2O3/c1-9(17)8-16-14-11-7-13(19-3)12(18-2)6-10(11)4-5-15-14/h4-7,9,17H,8H2,1-3H3,(H,15,16). The Bertz CT molecular complexity index is 570. The Morgan fingerprint density at radius 3 is 2.58 bits per heavy atom. The molecule has 0 aliphatic rings. The van der Waals surface area contributed by atoms with Crippen molar-refractivity contribution in [1.82, 2.24) is 4.98 Å². The molecule has 5 nitrogen and oxygen atoms in total. The van der Waals surface area contributed by atoms with Crippen molar-refractivity contribution in [2.24, 2.45) is 0 Å². The first-order valence-corrected chi connectivity index (χ1v) is 6.08. The van der Waals surface area contributed by atoms with Crippen LogP contribution in [0.2, 0.25) is 0 Å². The first-order chi connectivity index (χ1) is 9.15. The van der Waals surface area contributed by atoms with Crippen molar-refractivity contribution in [2.45, 2.75) is 13.0 Å². The summed E-state index contributed by atoms with van der Waals surface area (Å²) < 4.78 is 10.6. The van der Waals surface area contributed by atoms with Gasteiger partial charge in [0.05, 0.1) is 20.3 Å². The number of aliphatic hydroxyl groups is 1. The molecule has 1 atom stereocenters. The Balaban J connectivity index is 2.48. The third-order valence-corrected chi connectivity index (χ3v) is 2.83. The van der Waals surface area contributed by atoms with E-state index in [1.807, 2.05) is 18.2 Å². The second-order valence-corrected chi connectivity index (χ2v) is 4.32. The van der Waals surface area contributed by atoms with Gasteiger partial charge in [-0.3, -0.25) is 0 Å². The second kappa shape index (κ2) is 5.75. The van der Waals surface area contributed by atoms with E-state index in [9.17, 15) is 5.11 Å². The highest BCUT2D eigenvalue weighted by Gasteiger charge is 2.09. The number of benzene rings is 1. The van der Waals surface area contributed by atoms with E-state index in [1.165, 1.54) is 0 Å². The van der Waals surface area contributed by atoms with Gasteiger partial charge in [-0.2, -0.15) is 0 Å². The monoisotopic (exact) mass is 262 g/mol. The molecule has 2 aromatic rings. The molecule has 1 heterocycles. The number of hydrogen-bond acceptors (Lipinski definition) is 5. The largest absolute Gasteiger partial charge is 0.493 e. The summed E-state index contributed by atoms with van der Waals surface area (Å²) in [7, 11) is 3.21. The molecule has 2 rings (SSSR count). The molecule has 0 aliphatic heterocycles. The fraction of sp³-hybridized carbons (Fsp3) is 0.357. The lowest BCUT2D eigenvalue weighted by molar-refractivity contribution is 0.208. The van der Waals surface area contributed by atoms with Gasteiger partial charge in [-0.25, -0.2) is 4.98 Å². The first kappa shape index (κ1) is 13.4. The van der Waals surface area contributed by atoms with Crippen molar-refractivity contribution in [2.75, 3.05) is 26.1 Å². The number of aliphatic hydroxyl groups excluding tert-OH is 1. The number of aromatic nitrogens is 1. The van der Waals surface area contributed by atoms with Gasteiger partial charge in [-0.05, 0) is 30.5 Å². The molecule has 0 aliphatic carbocycles. The van der Waals surface area contributed by atoms with Gasteiger partial charge in [0, 0.05) is 18.1 Å². The van der Waals surface area contributed by atoms with E-state index in [0.29, 0.717) is 18.0 Å². The van der Waals surface area contributed by atoms with Crippen LogP contribution in [0.25, 0.3) is 10.8 Å². The average Bonchev–Trinajstić information content (AvgIpc) is 2.43. The van der Waals surface area contributed by atoms with Crippen molar-refractivity contribution in [3.63, 3.8) is 0 Å². The van der Waals surface area contributed by atoms with Gasteiger partial charge in [-0.15, -0.1) is 0 Å². The topological polar surface area (TPSA) is 63.6 Å². The first-order valence-electron chi connectivity index (χ1n) is 6.08. The molecule has 1 aromatic heterocycles. The Morgan fingerprint density at radius 2 is 1.95 bits per heavy atom.